The summed E-state index contributed by atoms with van der Waals surface area (Å²) in [6.45, 7) is 0. The van der Waals surface area contributed by atoms with E-state index in [1.165, 1.54) is 19.3 Å². The van der Waals surface area contributed by atoms with Crippen molar-refractivity contribution in [1.29, 1.82) is 0 Å². The van der Waals surface area contributed by atoms with E-state index in [2.05, 4.69) is 19.9 Å². The van der Waals surface area contributed by atoms with Crippen LogP contribution in [-0.2, 0) is 0 Å². The molecule has 1 aliphatic rings. The molecule has 6 heteroatoms. The molecule has 0 bridgehead atoms. The van der Waals surface area contributed by atoms with Crippen LogP contribution < -0.4 is 9.80 Å². The van der Waals surface area contributed by atoms with Gasteiger partial charge in [0.1, 0.15) is 0 Å². The maximum absolute atomic E-state index is 5.89. The fourth-order valence-electron chi connectivity index (χ4n) is 1.62. The Bertz CT molecular complexity index is 377. The predicted octanol–water partition coefficient (Wildman–Crippen LogP) is 1.58. The molecule has 1 aromatic heterocycles. The molecule has 0 aliphatic heterocycles. The monoisotopic (exact) mass is 241 g/mol. The zero-order valence-electron chi connectivity index (χ0n) is 9.81. The summed E-state index contributed by atoms with van der Waals surface area (Å²) in [4.78, 5) is 16.5. The molecule has 1 aromatic rings. The second-order valence-electron chi connectivity index (χ2n) is 4.29. The molecule has 1 saturated carbocycles. The molecule has 0 N–H and O–H groups in total. The number of anilines is 2. The van der Waals surface area contributed by atoms with Gasteiger partial charge in [0.15, 0.2) is 0 Å². The minimum atomic E-state index is 0.250. The summed E-state index contributed by atoms with van der Waals surface area (Å²) < 4.78 is 0. The molecule has 0 spiro atoms. The fraction of sp³-hybridized carbons (Fsp3) is 0.700. The highest BCUT2D eigenvalue weighted by Gasteiger charge is 2.24. The first kappa shape index (κ1) is 11.4. The van der Waals surface area contributed by atoms with E-state index in [4.69, 9.17) is 11.6 Å². The van der Waals surface area contributed by atoms with Gasteiger partial charge in [-0.3, -0.25) is 0 Å². The molecule has 0 radical (unpaired) electrons. The van der Waals surface area contributed by atoms with Gasteiger partial charge in [0.25, 0.3) is 0 Å². The number of hydrogen-bond acceptors (Lipinski definition) is 5. The van der Waals surface area contributed by atoms with E-state index in [0.717, 1.165) is 0 Å². The maximum atomic E-state index is 5.89. The Labute approximate surface area is 100 Å². The van der Waals surface area contributed by atoms with Gasteiger partial charge in [0.05, 0.1) is 0 Å². The van der Waals surface area contributed by atoms with Crippen LogP contribution in [0.5, 0.6) is 0 Å². The van der Waals surface area contributed by atoms with E-state index in [0.29, 0.717) is 17.9 Å². The van der Waals surface area contributed by atoms with Gasteiger partial charge in [0.2, 0.25) is 17.2 Å². The number of halogens is 1. The van der Waals surface area contributed by atoms with Crippen LogP contribution in [0.4, 0.5) is 11.9 Å². The van der Waals surface area contributed by atoms with Gasteiger partial charge in [-0.2, -0.15) is 15.0 Å². The average Bonchev–Trinajstić information content (AvgIpc) is 2.13. The molecule has 0 atom stereocenters. The Hall–Kier alpha value is -1.10. The van der Waals surface area contributed by atoms with Crippen LogP contribution >= 0.6 is 11.6 Å². The maximum Gasteiger partial charge on any atom is 0.231 e. The molecule has 0 saturated heterocycles. The van der Waals surface area contributed by atoms with Crippen molar-refractivity contribution in [3.05, 3.63) is 5.28 Å². The summed E-state index contributed by atoms with van der Waals surface area (Å²) in [6, 6.07) is 0.550. The van der Waals surface area contributed by atoms with E-state index >= 15 is 0 Å². The van der Waals surface area contributed by atoms with E-state index in [9.17, 15) is 0 Å². The third kappa shape index (κ3) is 2.19. The van der Waals surface area contributed by atoms with Crippen molar-refractivity contribution < 1.29 is 0 Å². The molecule has 1 fully saturated rings. The molecular formula is C10H16ClN5. The minimum Gasteiger partial charge on any atom is -0.347 e. The van der Waals surface area contributed by atoms with Gasteiger partial charge in [-0.25, -0.2) is 0 Å². The molecule has 2 rings (SSSR count). The third-order valence-corrected chi connectivity index (χ3v) is 3.09. The summed E-state index contributed by atoms with van der Waals surface area (Å²) in [7, 11) is 5.78. The standard InChI is InChI=1S/C10H16ClN5/c1-15(2)9-12-8(11)13-10(14-9)16(3)7-5-4-6-7/h7H,4-6H2,1-3H3. The highest BCUT2D eigenvalue weighted by atomic mass is 35.5. The molecule has 0 amide bonds. The Morgan fingerprint density at radius 1 is 1.06 bits per heavy atom. The smallest absolute Gasteiger partial charge is 0.231 e. The molecule has 1 aliphatic carbocycles. The Morgan fingerprint density at radius 2 is 1.69 bits per heavy atom. The Balaban J connectivity index is 2.25. The van der Waals surface area contributed by atoms with Gasteiger partial charge in [-0.1, -0.05) is 0 Å². The van der Waals surface area contributed by atoms with Crippen LogP contribution in [0.15, 0.2) is 0 Å². The Morgan fingerprint density at radius 3 is 2.19 bits per heavy atom. The van der Waals surface area contributed by atoms with E-state index in [1.54, 1.807) is 0 Å². The van der Waals surface area contributed by atoms with Crippen LogP contribution in [-0.4, -0.2) is 42.1 Å². The lowest BCUT2D eigenvalue weighted by atomic mass is 9.92. The van der Waals surface area contributed by atoms with Crippen molar-refractivity contribution in [2.45, 2.75) is 25.3 Å². The molecule has 16 heavy (non-hydrogen) atoms. The van der Waals surface area contributed by atoms with Crippen LogP contribution in [0, 0.1) is 0 Å². The number of nitrogens with zero attached hydrogens (tertiary/aromatic N) is 5. The quantitative estimate of drug-likeness (QED) is 0.804. The predicted molar refractivity (Wildman–Crippen MR) is 65.2 cm³/mol. The van der Waals surface area contributed by atoms with E-state index in [-0.39, 0.29) is 5.28 Å². The largest absolute Gasteiger partial charge is 0.347 e. The van der Waals surface area contributed by atoms with Gasteiger partial charge < -0.3 is 9.80 Å². The second kappa shape index (κ2) is 4.41. The molecule has 0 aromatic carbocycles. The summed E-state index contributed by atoms with van der Waals surface area (Å²) in [5, 5.41) is 0.250. The van der Waals surface area contributed by atoms with Crippen molar-refractivity contribution >= 4 is 23.5 Å². The summed E-state index contributed by atoms with van der Waals surface area (Å²) in [6.07, 6.45) is 3.70. The summed E-state index contributed by atoms with van der Waals surface area (Å²) in [5.41, 5.74) is 0. The first-order valence-corrected chi connectivity index (χ1v) is 5.77. The van der Waals surface area contributed by atoms with Crippen molar-refractivity contribution in [3.8, 4) is 0 Å². The molecular weight excluding hydrogens is 226 g/mol. The normalized spacial score (nSPS) is 15.8. The lowest BCUT2D eigenvalue weighted by molar-refractivity contribution is 0.397. The van der Waals surface area contributed by atoms with Gasteiger partial charge in [0, 0.05) is 27.2 Å². The molecule has 1 heterocycles. The summed E-state index contributed by atoms with van der Waals surface area (Å²) >= 11 is 5.89. The van der Waals surface area contributed by atoms with Crippen molar-refractivity contribution in [3.63, 3.8) is 0 Å². The van der Waals surface area contributed by atoms with Crippen LogP contribution in [0.25, 0.3) is 0 Å². The Kier molecular flexibility index (Phi) is 3.14. The van der Waals surface area contributed by atoms with Crippen LogP contribution in [0.2, 0.25) is 5.28 Å². The highest BCUT2D eigenvalue weighted by Crippen LogP contribution is 2.27. The van der Waals surface area contributed by atoms with Gasteiger partial charge >= 0.3 is 0 Å². The lowest BCUT2D eigenvalue weighted by Gasteiger charge is -2.34. The molecule has 0 unspecified atom stereocenters. The third-order valence-electron chi connectivity index (χ3n) is 2.92. The number of aromatic nitrogens is 3. The lowest BCUT2D eigenvalue weighted by Crippen LogP contribution is -2.38. The van der Waals surface area contributed by atoms with Crippen molar-refractivity contribution in [2.24, 2.45) is 0 Å². The minimum absolute atomic E-state index is 0.250. The topological polar surface area (TPSA) is 45.2 Å². The number of hydrogen-bond donors (Lipinski definition) is 0. The zero-order valence-corrected chi connectivity index (χ0v) is 10.6. The van der Waals surface area contributed by atoms with Crippen LogP contribution in [0.1, 0.15) is 19.3 Å². The molecule has 5 nitrogen and oxygen atoms in total. The fourth-order valence-corrected chi connectivity index (χ4v) is 1.78. The van der Waals surface area contributed by atoms with Gasteiger partial charge in [-0.05, 0) is 30.9 Å². The van der Waals surface area contributed by atoms with Crippen molar-refractivity contribution in [1.82, 2.24) is 15.0 Å². The first-order valence-electron chi connectivity index (χ1n) is 5.39. The summed E-state index contributed by atoms with van der Waals surface area (Å²) in [5.74, 6) is 1.26. The van der Waals surface area contributed by atoms with E-state index < -0.39 is 0 Å². The second-order valence-corrected chi connectivity index (χ2v) is 4.63. The average molecular weight is 242 g/mol. The van der Waals surface area contributed by atoms with Crippen LogP contribution in [0.3, 0.4) is 0 Å². The zero-order chi connectivity index (χ0) is 11.7. The first-order chi connectivity index (χ1) is 7.58. The molecule has 88 valence electrons. The van der Waals surface area contributed by atoms with E-state index in [1.807, 2.05) is 26.0 Å². The SMILES string of the molecule is CN(C)c1nc(Cl)nc(N(C)C2CCC2)n1. The highest BCUT2D eigenvalue weighted by molar-refractivity contribution is 6.28. The number of rotatable bonds is 3. The van der Waals surface area contributed by atoms with Crippen molar-refractivity contribution in [2.75, 3.05) is 30.9 Å². The van der Waals surface area contributed by atoms with Gasteiger partial charge in [-0.15, -0.1) is 0 Å².